The lowest BCUT2D eigenvalue weighted by Crippen LogP contribution is -2.37. The minimum Gasteiger partial charge on any atom is -0.324 e. The molecule has 0 atom stereocenters. The number of para-hydroxylation sites is 1. The van der Waals surface area contributed by atoms with E-state index < -0.39 is 10.0 Å². The number of pyridine rings is 1. The summed E-state index contributed by atoms with van der Waals surface area (Å²) in [5.41, 5.74) is 3.36. The number of nitrogens with zero attached hydrogens (tertiary/aromatic N) is 2. The fourth-order valence-electron chi connectivity index (χ4n) is 2.33. The van der Waals surface area contributed by atoms with Crippen LogP contribution >= 0.6 is 0 Å². The van der Waals surface area contributed by atoms with E-state index in [0.717, 1.165) is 32.9 Å². The molecule has 0 unspecified atom stereocenters. The maximum Gasteiger partial charge on any atom is 0.239 e. The van der Waals surface area contributed by atoms with E-state index in [1.807, 2.05) is 32.0 Å². The fourth-order valence-corrected chi connectivity index (χ4v) is 3.07. The van der Waals surface area contributed by atoms with Crippen LogP contribution in [0.15, 0.2) is 42.7 Å². The topological polar surface area (TPSA) is 79.4 Å². The van der Waals surface area contributed by atoms with Crippen LogP contribution in [-0.2, 0) is 21.4 Å². The first-order valence-corrected chi connectivity index (χ1v) is 9.32. The predicted octanol–water partition coefficient (Wildman–Crippen LogP) is 2.10. The van der Waals surface area contributed by atoms with Crippen molar-refractivity contribution < 1.29 is 13.2 Å². The number of carbonyl (C=O) groups is 1. The molecule has 7 heteroatoms. The Morgan fingerprint density at radius 1 is 1.12 bits per heavy atom. The van der Waals surface area contributed by atoms with Gasteiger partial charge in [-0.25, -0.2) is 8.42 Å². The number of hydrogen-bond acceptors (Lipinski definition) is 4. The molecule has 0 fully saturated rings. The number of hydrogen-bond donors (Lipinski definition) is 1. The second-order valence-electron chi connectivity index (χ2n) is 5.70. The van der Waals surface area contributed by atoms with Gasteiger partial charge in [-0.3, -0.25) is 9.78 Å². The molecule has 0 aliphatic carbocycles. The predicted molar refractivity (Wildman–Crippen MR) is 94.0 cm³/mol. The molecule has 1 aromatic carbocycles. The molecule has 1 amide bonds. The molecule has 0 aliphatic heterocycles. The Morgan fingerprint density at radius 3 is 2.25 bits per heavy atom. The number of rotatable bonds is 6. The highest BCUT2D eigenvalue weighted by molar-refractivity contribution is 7.88. The number of sulfonamides is 1. The van der Waals surface area contributed by atoms with Crippen molar-refractivity contribution in [2.24, 2.45) is 0 Å². The third-order valence-corrected chi connectivity index (χ3v) is 4.84. The zero-order valence-corrected chi connectivity index (χ0v) is 14.8. The molecule has 0 saturated heterocycles. The van der Waals surface area contributed by atoms with Gasteiger partial charge in [0.15, 0.2) is 0 Å². The fraction of sp³-hybridized carbons (Fsp3) is 0.294. The molecule has 24 heavy (non-hydrogen) atoms. The first-order valence-electron chi connectivity index (χ1n) is 7.47. The largest absolute Gasteiger partial charge is 0.324 e. The van der Waals surface area contributed by atoms with E-state index in [1.165, 1.54) is 0 Å². The minimum absolute atomic E-state index is 0.127. The molecule has 1 N–H and O–H groups in total. The first-order chi connectivity index (χ1) is 11.3. The van der Waals surface area contributed by atoms with E-state index in [4.69, 9.17) is 0 Å². The van der Waals surface area contributed by atoms with Gasteiger partial charge in [0, 0.05) is 24.6 Å². The molecule has 1 aromatic heterocycles. The van der Waals surface area contributed by atoms with Crippen LogP contribution in [0.4, 0.5) is 5.69 Å². The summed E-state index contributed by atoms with van der Waals surface area (Å²) in [6.07, 6.45) is 4.28. The smallest absolute Gasteiger partial charge is 0.239 e. The average molecular weight is 347 g/mol. The first kappa shape index (κ1) is 18.1. The van der Waals surface area contributed by atoms with Gasteiger partial charge < -0.3 is 5.32 Å². The van der Waals surface area contributed by atoms with Crippen molar-refractivity contribution in [3.05, 3.63) is 59.4 Å². The summed E-state index contributed by atoms with van der Waals surface area (Å²) in [5.74, 6) is -0.369. The summed E-state index contributed by atoms with van der Waals surface area (Å²) < 4.78 is 25.1. The second-order valence-corrected chi connectivity index (χ2v) is 7.68. The van der Waals surface area contributed by atoms with Gasteiger partial charge in [-0.15, -0.1) is 0 Å². The Labute approximate surface area is 142 Å². The van der Waals surface area contributed by atoms with Crippen molar-refractivity contribution in [2.75, 3.05) is 18.1 Å². The van der Waals surface area contributed by atoms with E-state index in [0.29, 0.717) is 0 Å². The Bertz CT molecular complexity index is 800. The van der Waals surface area contributed by atoms with E-state index in [9.17, 15) is 13.2 Å². The summed E-state index contributed by atoms with van der Waals surface area (Å²) in [4.78, 5) is 16.2. The maximum absolute atomic E-state index is 12.3. The van der Waals surface area contributed by atoms with E-state index in [2.05, 4.69) is 10.3 Å². The quantitative estimate of drug-likeness (QED) is 0.868. The zero-order chi connectivity index (χ0) is 17.7. The second kappa shape index (κ2) is 7.55. The number of carbonyl (C=O) groups excluding carboxylic acids is 1. The van der Waals surface area contributed by atoms with Crippen molar-refractivity contribution in [1.29, 1.82) is 0 Å². The summed E-state index contributed by atoms with van der Waals surface area (Å²) in [5, 5.41) is 2.81. The number of anilines is 1. The van der Waals surface area contributed by atoms with E-state index in [-0.39, 0.29) is 19.0 Å². The normalized spacial score (nSPS) is 11.5. The molecule has 128 valence electrons. The highest BCUT2D eigenvalue weighted by Crippen LogP contribution is 2.19. The van der Waals surface area contributed by atoms with Crippen LogP contribution in [0, 0.1) is 13.8 Å². The van der Waals surface area contributed by atoms with Gasteiger partial charge in [-0.05, 0) is 42.7 Å². The number of amides is 1. The molecule has 0 saturated carbocycles. The van der Waals surface area contributed by atoms with Crippen LogP contribution in [-0.4, -0.2) is 36.4 Å². The van der Waals surface area contributed by atoms with Gasteiger partial charge in [0.25, 0.3) is 0 Å². The Balaban J connectivity index is 2.13. The van der Waals surface area contributed by atoms with Crippen LogP contribution in [0.25, 0.3) is 0 Å². The van der Waals surface area contributed by atoms with Crippen molar-refractivity contribution in [2.45, 2.75) is 20.4 Å². The summed E-state index contributed by atoms with van der Waals surface area (Å²) >= 11 is 0. The van der Waals surface area contributed by atoms with E-state index >= 15 is 0 Å². The summed E-state index contributed by atoms with van der Waals surface area (Å²) in [6.45, 7) is 3.68. The Kier molecular flexibility index (Phi) is 5.69. The summed E-state index contributed by atoms with van der Waals surface area (Å²) in [7, 11) is -3.52. The van der Waals surface area contributed by atoms with Crippen LogP contribution in [0.1, 0.15) is 16.7 Å². The van der Waals surface area contributed by atoms with Gasteiger partial charge in [0.05, 0.1) is 12.8 Å². The van der Waals surface area contributed by atoms with Crippen molar-refractivity contribution in [3.63, 3.8) is 0 Å². The molecule has 0 bridgehead atoms. The Morgan fingerprint density at radius 2 is 1.71 bits per heavy atom. The monoisotopic (exact) mass is 347 g/mol. The third-order valence-electron chi connectivity index (χ3n) is 3.64. The standard InChI is InChI=1S/C17H21N3O3S/c1-13-5-4-6-14(2)17(13)19-16(21)12-20(24(3,22)23)11-15-7-9-18-10-8-15/h4-10H,11-12H2,1-3H3,(H,19,21). The number of aromatic nitrogens is 1. The highest BCUT2D eigenvalue weighted by atomic mass is 32.2. The maximum atomic E-state index is 12.3. The van der Waals surface area contributed by atoms with Crippen LogP contribution in [0.3, 0.4) is 0 Å². The summed E-state index contributed by atoms with van der Waals surface area (Å²) in [6, 6.07) is 9.15. The lowest BCUT2D eigenvalue weighted by molar-refractivity contribution is -0.116. The zero-order valence-electron chi connectivity index (χ0n) is 14.0. The van der Waals surface area contributed by atoms with Gasteiger partial charge in [0.2, 0.25) is 15.9 Å². The van der Waals surface area contributed by atoms with Crippen LogP contribution in [0.5, 0.6) is 0 Å². The number of aryl methyl sites for hydroxylation is 2. The Hall–Kier alpha value is -2.25. The van der Waals surface area contributed by atoms with Gasteiger partial charge in [-0.2, -0.15) is 4.31 Å². The van der Waals surface area contributed by atoms with Gasteiger partial charge >= 0.3 is 0 Å². The molecule has 2 aromatic rings. The molecule has 0 spiro atoms. The highest BCUT2D eigenvalue weighted by Gasteiger charge is 2.21. The van der Waals surface area contributed by atoms with Crippen LogP contribution in [0.2, 0.25) is 0 Å². The SMILES string of the molecule is Cc1cccc(C)c1NC(=O)CN(Cc1ccncc1)S(C)(=O)=O. The molecule has 0 aliphatic rings. The molecule has 1 heterocycles. The van der Waals surface area contributed by atoms with Gasteiger partial charge in [-0.1, -0.05) is 18.2 Å². The van der Waals surface area contributed by atoms with E-state index in [1.54, 1.807) is 24.5 Å². The van der Waals surface area contributed by atoms with Crippen molar-refractivity contribution >= 4 is 21.6 Å². The van der Waals surface area contributed by atoms with Gasteiger partial charge in [0.1, 0.15) is 0 Å². The van der Waals surface area contributed by atoms with Crippen molar-refractivity contribution in [3.8, 4) is 0 Å². The lowest BCUT2D eigenvalue weighted by atomic mass is 10.1. The number of nitrogens with one attached hydrogen (secondary N) is 1. The average Bonchev–Trinajstić information content (AvgIpc) is 2.50. The molecular weight excluding hydrogens is 326 g/mol. The molecule has 2 rings (SSSR count). The molecular formula is C17H21N3O3S. The molecule has 0 radical (unpaired) electrons. The molecule has 6 nitrogen and oxygen atoms in total. The van der Waals surface area contributed by atoms with Crippen molar-refractivity contribution in [1.82, 2.24) is 9.29 Å². The van der Waals surface area contributed by atoms with Crippen LogP contribution < -0.4 is 5.32 Å². The third kappa shape index (κ3) is 4.87. The minimum atomic E-state index is -3.52. The lowest BCUT2D eigenvalue weighted by Gasteiger charge is -2.20. The number of benzene rings is 1.